The lowest BCUT2D eigenvalue weighted by atomic mass is 9.90. The monoisotopic (exact) mass is 278 g/mol. The highest BCUT2D eigenvalue weighted by Gasteiger charge is 2.15. The summed E-state index contributed by atoms with van der Waals surface area (Å²) in [7, 11) is 1.69. The Balaban J connectivity index is 1.87. The van der Waals surface area contributed by atoms with E-state index in [2.05, 4.69) is 5.32 Å². The highest BCUT2D eigenvalue weighted by Crippen LogP contribution is 2.26. The molecule has 5 heteroatoms. The summed E-state index contributed by atoms with van der Waals surface area (Å²) in [5, 5.41) is 13.7. The molecule has 0 aliphatic heterocycles. The van der Waals surface area contributed by atoms with E-state index in [9.17, 15) is 10.1 Å². The van der Waals surface area contributed by atoms with Crippen LogP contribution in [0.1, 0.15) is 37.7 Å². The Kier molecular flexibility index (Phi) is 5.35. The first-order valence-corrected chi connectivity index (χ1v) is 7.23. The minimum atomic E-state index is -0.376. The van der Waals surface area contributed by atoms with E-state index in [4.69, 9.17) is 4.74 Å². The molecule has 0 bridgehead atoms. The van der Waals surface area contributed by atoms with Crippen LogP contribution in [-0.2, 0) is 11.3 Å². The number of hydrogen-bond acceptors (Lipinski definition) is 4. The highest BCUT2D eigenvalue weighted by molar-refractivity contribution is 5.62. The lowest BCUT2D eigenvalue weighted by Gasteiger charge is -2.21. The Morgan fingerprint density at radius 1 is 1.35 bits per heavy atom. The average molecular weight is 278 g/mol. The number of nitrogens with zero attached hydrogens (tertiary/aromatic N) is 1. The molecule has 0 amide bonds. The van der Waals surface area contributed by atoms with Crippen LogP contribution < -0.4 is 5.32 Å². The summed E-state index contributed by atoms with van der Waals surface area (Å²) in [6, 6.07) is 5.09. The van der Waals surface area contributed by atoms with Crippen LogP contribution in [-0.4, -0.2) is 18.6 Å². The Hall–Kier alpha value is -1.62. The van der Waals surface area contributed by atoms with Crippen molar-refractivity contribution in [2.24, 2.45) is 5.92 Å². The predicted octanol–water partition coefficient (Wildman–Crippen LogP) is 3.73. The summed E-state index contributed by atoms with van der Waals surface area (Å²) in [6.45, 7) is 1.31. The van der Waals surface area contributed by atoms with E-state index in [-0.39, 0.29) is 10.6 Å². The number of rotatable bonds is 6. The quantitative estimate of drug-likeness (QED) is 0.636. The van der Waals surface area contributed by atoms with Crippen LogP contribution in [0.2, 0.25) is 0 Å². The molecule has 0 radical (unpaired) electrons. The van der Waals surface area contributed by atoms with Gasteiger partial charge in [-0.2, -0.15) is 0 Å². The van der Waals surface area contributed by atoms with Gasteiger partial charge in [-0.05, 0) is 36.5 Å². The number of hydrogen-bond donors (Lipinski definition) is 1. The summed E-state index contributed by atoms with van der Waals surface area (Å²) in [5.74, 6) is 0.686. The minimum absolute atomic E-state index is 0.100. The Labute approximate surface area is 119 Å². The zero-order chi connectivity index (χ0) is 14.4. The van der Waals surface area contributed by atoms with Gasteiger partial charge in [-0.15, -0.1) is 0 Å². The van der Waals surface area contributed by atoms with Gasteiger partial charge >= 0.3 is 0 Å². The van der Waals surface area contributed by atoms with Crippen molar-refractivity contribution >= 4 is 11.4 Å². The molecule has 1 aliphatic carbocycles. The highest BCUT2D eigenvalue weighted by atomic mass is 16.6. The molecule has 1 saturated carbocycles. The molecule has 1 fully saturated rings. The second-order valence-corrected chi connectivity index (χ2v) is 5.38. The maximum atomic E-state index is 10.8. The van der Waals surface area contributed by atoms with Gasteiger partial charge in [-0.25, -0.2) is 0 Å². The fourth-order valence-electron chi connectivity index (χ4n) is 2.73. The first kappa shape index (κ1) is 14.8. The molecule has 1 aliphatic rings. The van der Waals surface area contributed by atoms with Crippen molar-refractivity contribution < 1.29 is 9.66 Å². The van der Waals surface area contributed by atoms with Crippen molar-refractivity contribution in [1.82, 2.24) is 0 Å². The van der Waals surface area contributed by atoms with Crippen LogP contribution in [0.25, 0.3) is 0 Å². The molecule has 0 unspecified atom stereocenters. The topological polar surface area (TPSA) is 64.4 Å². The first-order chi connectivity index (χ1) is 9.70. The molecular weight excluding hydrogens is 256 g/mol. The number of nitro groups is 1. The third kappa shape index (κ3) is 3.93. The van der Waals surface area contributed by atoms with Gasteiger partial charge in [-0.1, -0.05) is 19.3 Å². The van der Waals surface area contributed by atoms with Crippen LogP contribution >= 0.6 is 0 Å². The van der Waals surface area contributed by atoms with Crippen molar-refractivity contribution in [1.29, 1.82) is 0 Å². The van der Waals surface area contributed by atoms with Gasteiger partial charge in [0, 0.05) is 19.7 Å². The normalized spacial score (nSPS) is 16.1. The largest absolute Gasteiger partial charge is 0.383 e. The predicted molar refractivity (Wildman–Crippen MR) is 78.9 cm³/mol. The fourth-order valence-corrected chi connectivity index (χ4v) is 2.73. The van der Waals surface area contributed by atoms with E-state index in [1.807, 2.05) is 0 Å². The van der Waals surface area contributed by atoms with E-state index in [1.165, 1.54) is 38.2 Å². The van der Waals surface area contributed by atoms with Gasteiger partial charge in [0.1, 0.15) is 5.69 Å². The standard InChI is InChI=1S/C15H22N2O3/c1-16-14-9-13(7-8-15(14)17(18)19)11-20-10-12-5-3-2-4-6-12/h7-9,12,16H,2-6,10-11H2,1H3. The molecule has 20 heavy (non-hydrogen) atoms. The second kappa shape index (κ2) is 7.24. The van der Waals surface area contributed by atoms with Gasteiger partial charge in [0.2, 0.25) is 0 Å². The number of nitrogens with one attached hydrogen (secondary N) is 1. The Morgan fingerprint density at radius 2 is 2.10 bits per heavy atom. The molecule has 1 aromatic carbocycles. The van der Waals surface area contributed by atoms with Crippen LogP contribution in [0.4, 0.5) is 11.4 Å². The molecular formula is C15H22N2O3. The number of benzene rings is 1. The van der Waals surface area contributed by atoms with E-state index < -0.39 is 0 Å². The summed E-state index contributed by atoms with van der Waals surface area (Å²) in [4.78, 5) is 10.5. The molecule has 5 nitrogen and oxygen atoms in total. The number of nitro benzene ring substituents is 1. The molecule has 1 aromatic rings. The first-order valence-electron chi connectivity index (χ1n) is 7.23. The van der Waals surface area contributed by atoms with Crippen LogP contribution in [0.15, 0.2) is 18.2 Å². The molecule has 0 saturated heterocycles. The van der Waals surface area contributed by atoms with Gasteiger partial charge in [0.25, 0.3) is 5.69 Å². The van der Waals surface area contributed by atoms with Crippen molar-refractivity contribution in [2.75, 3.05) is 19.0 Å². The van der Waals surface area contributed by atoms with Crippen molar-refractivity contribution in [3.63, 3.8) is 0 Å². The second-order valence-electron chi connectivity index (χ2n) is 5.38. The van der Waals surface area contributed by atoms with Gasteiger partial charge < -0.3 is 10.1 Å². The fraction of sp³-hybridized carbons (Fsp3) is 0.600. The van der Waals surface area contributed by atoms with Crippen molar-refractivity contribution in [3.8, 4) is 0 Å². The Bertz CT molecular complexity index is 456. The lowest BCUT2D eigenvalue weighted by molar-refractivity contribution is -0.384. The third-order valence-electron chi connectivity index (χ3n) is 3.87. The lowest BCUT2D eigenvalue weighted by Crippen LogP contribution is -2.13. The maximum Gasteiger partial charge on any atom is 0.292 e. The van der Waals surface area contributed by atoms with Gasteiger partial charge in [0.15, 0.2) is 0 Å². The molecule has 0 aromatic heterocycles. The molecule has 1 N–H and O–H groups in total. The minimum Gasteiger partial charge on any atom is -0.383 e. The van der Waals surface area contributed by atoms with Crippen molar-refractivity contribution in [2.45, 2.75) is 38.7 Å². The molecule has 0 atom stereocenters. The van der Waals surface area contributed by atoms with E-state index >= 15 is 0 Å². The molecule has 0 heterocycles. The van der Waals surface area contributed by atoms with E-state index in [0.717, 1.165) is 12.2 Å². The zero-order valence-electron chi connectivity index (χ0n) is 11.9. The van der Waals surface area contributed by atoms with Crippen LogP contribution in [0.3, 0.4) is 0 Å². The number of anilines is 1. The smallest absolute Gasteiger partial charge is 0.292 e. The number of ether oxygens (including phenoxy) is 1. The summed E-state index contributed by atoms with van der Waals surface area (Å²) >= 11 is 0. The van der Waals surface area contributed by atoms with E-state index in [0.29, 0.717) is 18.2 Å². The molecule has 0 spiro atoms. The van der Waals surface area contributed by atoms with Crippen molar-refractivity contribution in [3.05, 3.63) is 33.9 Å². The average Bonchev–Trinajstić information content (AvgIpc) is 2.48. The molecule has 2 rings (SSSR count). The van der Waals surface area contributed by atoms with E-state index in [1.54, 1.807) is 19.2 Å². The summed E-state index contributed by atoms with van der Waals surface area (Å²) in [6.07, 6.45) is 6.51. The van der Waals surface area contributed by atoms with Crippen LogP contribution in [0, 0.1) is 16.0 Å². The van der Waals surface area contributed by atoms with Gasteiger partial charge in [0.05, 0.1) is 11.5 Å². The maximum absolute atomic E-state index is 10.8. The van der Waals surface area contributed by atoms with Gasteiger partial charge in [-0.3, -0.25) is 10.1 Å². The SMILES string of the molecule is CNc1cc(COCC2CCCCC2)ccc1[N+](=O)[O-]. The van der Waals surface area contributed by atoms with Crippen LogP contribution in [0.5, 0.6) is 0 Å². The Morgan fingerprint density at radius 3 is 2.75 bits per heavy atom. The summed E-state index contributed by atoms with van der Waals surface area (Å²) < 4.78 is 5.76. The zero-order valence-corrected chi connectivity index (χ0v) is 11.9. The third-order valence-corrected chi connectivity index (χ3v) is 3.87. The summed E-state index contributed by atoms with van der Waals surface area (Å²) in [5.41, 5.74) is 1.60. The molecule has 110 valence electrons.